The lowest BCUT2D eigenvalue weighted by Gasteiger charge is -2.22. The highest BCUT2D eigenvalue weighted by Gasteiger charge is 2.13. The molecule has 8 heteroatoms. The van der Waals surface area contributed by atoms with E-state index in [0.29, 0.717) is 30.5 Å². The van der Waals surface area contributed by atoms with Gasteiger partial charge in [-0.25, -0.2) is 0 Å². The van der Waals surface area contributed by atoms with E-state index in [4.69, 9.17) is 9.47 Å². The van der Waals surface area contributed by atoms with Crippen molar-refractivity contribution < 1.29 is 14.3 Å². The number of amides is 1. The first kappa shape index (κ1) is 24.5. The van der Waals surface area contributed by atoms with Crippen LogP contribution in [0.1, 0.15) is 12.5 Å². The summed E-state index contributed by atoms with van der Waals surface area (Å²) in [7, 11) is 4.83. The Balaban J connectivity index is 0.00000420. The van der Waals surface area contributed by atoms with Gasteiger partial charge in [-0.2, -0.15) is 0 Å². The Morgan fingerprint density at radius 1 is 1.07 bits per heavy atom. The summed E-state index contributed by atoms with van der Waals surface area (Å²) < 4.78 is 10.5. The number of hydrogen-bond acceptors (Lipinski definition) is 4. The van der Waals surface area contributed by atoms with Crippen LogP contribution in [0.2, 0.25) is 0 Å². The van der Waals surface area contributed by atoms with Gasteiger partial charge in [0, 0.05) is 31.9 Å². The predicted molar refractivity (Wildman–Crippen MR) is 127 cm³/mol. The Morgan fingerprint density at radius 2 is 1.76 bits per heavy atom. The van der Waals surface area contributed by atoms with Crippen molar-refractivity contribution in [1.29, 1.82) is 0 Å². The molecule has 29 heavy (non-hydrogen) atoms. The molecule has 0 fully saturated rings. The molecule has 0 saturated carbocycles. The van der Waals surface area contributed by atoms with Gasteiger partial charge in [-0.15, -0.1) is 24.0 Å². The van der Waals surface area contributed by atoms with E-state index in [-0.39, 0.29) is 36.4 Å². The van der Waals surface area contributed by atoms with E-state index in [0.717, 1.165) is 11.3 Å². The van der Waals surface area contributed by atoms with Gasteiger partial charge in [-0.3, -0.25) is 9.79 Å². The minimum atomic E-state index is 0. The average Bonchev–Trinajstić information content (AvgIpc) is 2.75. The second kappa shape index (κ2) is 12.9. The lowest BCUT2D eigenvalue weighted by molar-refractivity contribution is -0.130. The van der Waals surface area contributed by atoms with Gasteiger partial charge in [0.15, 0.2) is 17.5 Å². The molecule has 1 amide bonds. The van der Waals surface area contributed by atoms with Crippen LogP contribution in [0.4, 0.5) is 5.69 Å². The number of halogens is 1. The molecular formula is C21H29IN4O3. The molecule has 0 atom stereocenters. The number of carbonyl (C=O) groups is 1. The zero-order valence-electron chi connectivity index (χ0n) is 17.3. The highest BCUT2D eigenvalue weighted by molar-refractivity contribution is 14.0. The van der Waals surface area contributed by atoms with Crippen molar-refractivity contribution in [3.8, 4) is 11.5 Å². The standard InChI is InChI=1S/C21H28N4O3.HI/c1-5-25(15-16-9-7-6-8-10-16)20(26)14-23-21(22-2)24-17-11-12-18(27-3)19(13-17)28-4;/h6-13H,5,14-15H2,1-4H3,(H2,22,23,24);1H. The summed E-state index contributed by atoms with van der Waals surface area (Å²) in [6, 6.07) is 15.4. The molecule has 2 aromatic rings. The molecule has 0 saturated heterocycles. The van der Waals surface area contributed by atoms with Crippen molar-refractivity contribution in [3.05, 3.63) is 54.1 Å². The molecule has 7 nitrogen and oxygen atoms in total. The van der Waals surface area contributed by atoms with Crippen molar-refractivity contribution >= 4 is 41.5 Å². The van der Waals surface area contributed by atoms with Gasteiger partial charge in [0.05, 0.1) is 20.8 Å². The van der Waals surface area contributed by atoms with Crippen LogP contribution in [0.5, 0.6) is 11.5 Å². The Kier molecular flexibility index (Phi) is 10.9. The number of aliphatic imine (C=N–C) groups is 1. The maximum atomic E-state index is 12.6. The van der Waals surface area contributed by atoms with E-state index in [1.807, 2.05) is 43.3 Å². The summed E-state index contributed by atoms with van der Waals surface area (Å²) in [4.78, 5) is 18.6. The molecule has 0 radical (unpaired) electrons. The zero-order valence-corrected chi connectivity index (χ0v) is 19.6. The third-order valence-corrected chi connectivity index (χ3v) is 4.23. The molecule has 0 aliphatic heterocycles. The number of guanidine groups is 1. The first-order valence-corrected chi connectivity index (χ1v) is 9.12. The fraction of sp³-hybridized carbons (Fsp3) is 0.333. The number of anilines is 1. The Morgan fingerprint density at radius 3 is 2.34 bits per heavy atom. The number of methoxy groups -OCH3 is 2. The van der Waals surface area contributed by atoms with Gasteiger partial charge in [-0.05, 0) is 24.6 Å². The lowest BCUT2D eigenvalue weighted by Crippen LogP contribution is -2.41. The number of nitrogens with zero attached hydrogens (tertiary/aromatic N) is 2. The topological polar surface area (TPSA) is 75.2 Å². The lowest BCUT2D eigenvalue weighted by atomic mass is 10.2. The maximum absolute atomic E-state index is 12.6. The minimum absolute atomic E-state index is 0. The van der Waals surface area contributed by atoms with Crippen molar-refractivity contribution in [2.24, 2.45) is 4.99 Å². The Hall–Kier alpha value is -2.49. The van der Waals surface area contributed by atoms with E-state index < -0.39 is 0 Å². The summed E-state index contributed by atoms with van der Waals surface area (Å²) in [5.41, 5.74) is 1.88. The first-order valence-electron chi connectivity index (χ1n) is 9.12. The third-order valence-electron chi connectivity index (χ3n) is 4.23. The molecule has 2 aromatic carbocycles. The molecule has 0 aliphatic carbocycles. The largest absolute Gasteiger partial charge is 0.493 e. The van der Waals surface area contributed by atoms with E-state index in [2.05, 4.69) is 15.6 Å². The number of carbonyl (C=O) groups excluding carboxylic acids is 1. The SMILES string of the molecule is CCN(Cc1ccccc1)C(=O)CNC(=NC)Nc1ccc(OC)c(OC)c1.I. The van der Waals surface area contributed by atoms with E-state index in [1.165, 1.54) is 0 Å². The van der Waals surface area contributed by atoms with Crippen LogP contribution >= 0.6 is 24.0 Å². The fourth-order valence-electron chi connectivity index (χ4n) is 2.68. The monoisotopic (exact) mass is 512 g/mol. The van der Waals surface area contributed by atoms with Crippen LogP contribution in [0.15, 0.2) is 53.5 Å². The summed E-state index contributed by atoms with van der Waals surface area (Å²) in [5.74, 6) is 1.75. The summed E-state index contributed by atoms with van der Waals surface area (Å²) in [6.45, 7) is 3.34. The molecule has 0 aromatic heterocycles. The average molecular weight is 512 g/mol. The van der Waals surface area contributed by atoms with Gasteiger partial charge < -0.3 is 25.0 Å². The molecule has 0 unspecified atom stereocenters. The number of likely N-dealkylation sites (N-methyl/N-ethyl adjacent to an activating group) is 1. The molecule has 2 N–H and O–H groups in total. The summed E-state index contributed by atoms with van der Waals surface area (Å²) >= 11 is 0. The molecule has 0 bridgehead atoms. The van der Waals surface area contributed by atoms with Gasteiger partial charge in [0.1, 0.15) is 0 Å². The van der Waals surface area contributed by atoms with Crippen LogP contribution in [-0.4, -0.2) is 51.1 Å². The molecule has 158 valence electrons. The van der Waals surface area contributed by atoms with Crippen LogP contribution in [0.3, 0.4) is 0 Å². The van der Waals surface area contributed by atoms with Crippen molar-refractivity contribution in [1.82, 2.24) is 10.2 Å². The van der Waals surface area contributed by atoms with Crippen molar-refractivity contribution in [2.75, 3.05) is 39.7 Å². The van der Waals surface area contributed by atoms with Crippen LogP contribution < -0.4 is 20.1 Å². The predicted octanol–water partition coefficient (Wildman–Crippen LogP) is 3.36. The third kappa shape index (κ3) is 7.45. The molecule has 2 rings (SSSR count). The number of ether oxygens (including phenoxy) is 2. The van der Waals surface area contributed by atoms with Crippen LogP contribution in [0.25, 0.3) is 0 Å². The van der Waals surface area contributed by atoms with Crippen molar-refractivity contribution in [3.63, 3.8) is 0 Å². The fourth-order valence-corrected chi connectivity index (χ4v) is 2.68. The van der Waals surface area contributed by atoms with Gasteiger partial charge in [0.2, 0.25) is 5.91 Å². The second-order valence-corrected chi connectivity index (χ2v) is 6.01. The molecule has 0 heterocycles. The van der Waals surface area contributed by atoms with Crippen LogP contribution in [0, 0.1) is 0 Å². The smallest absolute Gasteiger partial charge is 0.242 e. The normalized spacial score (nSPS) is 10.6. The number of hydrogen-bond donors (Lipinski definition) is 2. The van der Waals surface area contributed by atoms with E-state index >= 15 is 0 Å². The maximum Gasteiger partial charge on any atom is 0.242 e. The second-order valence-electron chi connectivity index (χ2n) is 6.01. The first-order chi connectivity index (χ1) is 13.6. The highest BCUT2D eigenvalue weighted by atomic mass is 127. The van der Waals surface area contributed by atoms with Crippen LogP contribution in [-0.2, 0) is 11.3 Å². The van der Waals surface area contributed by atoms with Gasteiger partial charge in [-0.1, -0.05) is 30.3 Å². The molecular weight excluding hydrogens is 483 g/mol. The Labute approximate surface area is 189 Å². The quantitative estimate of drug-likeness (QED) is 0.323. The number of rotatable bonds is 8. The van der Waals surface area contributed by atoms with Gasteiger partial charge >= 0.3 is 0 Å². The van der Waals surface area contributed by atoms with E-state index in [1.54, 1.807) is 38.3 Å². The van der Waals surface area contributed by atoms with Gasteiger partial charge in [0.25, 0.3) is 0 Å². The van der Waals surface area contributed by atoms with E-state index in [9.17, 15) is 4.79 Å². The number of benzene rings is 2. The summed E-state index contributed by atoms with van der Waals surface area (Å²) in [5, 5.41) is 6.21. The molecule has 0 spiro atoms. The highest BCUT2D eigenvalue weighted by Crippen LogP contribution is 2.29. The van der Waals surface area contributed by atoms with Crippen molar-refractivity contribution in [2.45, 2.75) is 13.5 Å². The minimum Gasteiger partial charge on any atom is -0.493 e. The molecule has 0 aliphatic rings. The zero-order chi connectivity index (χ0) is 20.4. The Bertz CT molecular complexity index is 800. The number of nitrogens with one attached hydrogen (secondary N) is 2. The summed E-state index contributed by atoms with van der Waals surface area (Å²) in [6.07, 6.45) is 0.